The van der Waals surface area contributed by atoms with Crippen LogP contribution in [0.15, 0.2) is 24.3 Å². The van der Waals surface area contributed by atoms with E-state index in [4.69, 9.17) is 5.73 Å². The number of hydrogen-bond donors (Lipinski definition) is 2. The van der Waals surface area contributed by atoms with E-state index in [1.54, 1.807) is 0 Å². The molecular weight excluding hydrogens is 184 g/mol. The van der Waals surface area contributed by atoms with Gasteiger partial charge in [0.1, 0.15) is 0 Å². The maximum Gasteiger partial charge on any atom is 0.0314 e. The van der Waals surface area contributed by atoms with Gasteiger partial charge in [-0.05, 0) is 43.0 Å². The molecule has 3 N–H and O–H groups in total. The van der Waals surface area contributed by atoms with Crippen LogP contribution in [0.2, 0.25) is 0 Å². The second-order valence-electron chi connectivity index (χ2n) is 4.50. The van der Waals surface area contributed by atoms with Gasteiger partial charge in [0.15, 0.2) is 0 Å². The van der Waals surface area contributed by atoms with Crippen molar-refractivity contribution in [3.8, 4) is 0 Å². The SMILES string of the molecule is Nc1ccc(CNCCCC2CC2)cc1. The molecule has 82 valence electrons. The van der Waals surface area contributed by atoms with Gasteiger partial charge in [0.05, 0.1) is 0 Å². The zero-order valence-electron chi connectivity index (χ0n) is 9.21. The molecular formula is C13H20N2. The Labute approximate surface area is 91.9 Å². The molecule has 1 fully saturated rings. The Hall–Kier alpha value is -1.02. The lowest BCUT2D eigenvalue weighted by Crippen LogP contribution is -2.14. The quantitative estimate of drug-likeness (QED) is 0.552. The minimum atomic E-state index is 0.840. The molecule has 0 aliphatic heterocycles. The molecule has 15 heavy (non-hydrogen) atoms. The maximum absolute atomic E-state index is 5.62. The summed E-state index contributed by atoms with van der Waals surface area (Å²) in [7, 11) is 0. The first-order valence-electron chi connectivity index (χ1n) is 5.90. The van der Waals surface area contributed by atoms with Crippen molar-refractivity contribution < 1.29 is 0 Å². The Balaban J connectivity index is 1.58. The summed E-state index contributed by atoms with van der Waals surface area (Å²) < 4.78 is 0. The Kier molecular flexibility index (Phi) is 3.62. The summed E-state index contributed by atoms with van der Waals surface area (Å²) >= 11 is 0. The number of nitrogens with two attached hydrogens (primary N) is 1. The predicted molar refractivity (Wildman–Crippen MR) is 64.5 cm³/mol. The van der Waals surface area contributed by atoms with Crippen molar-refractivity contribution in [1.29, 1.82) is 0 Å². The molecule has 0 unspecified atom stereocenters. The van der Waals surface area contributed by atoms with Crippen molar-refractivity contribution in [1.82, 2.24) is 5.32 Å². The second-order valence-corrected chi connectivity index (χ2v) is 4.50. The van der Waals surface area contributed by atoms with E-state index in [9.17, 15) is 0 Å². The first kappa shape index (κ1) is 10.5. The van der Waals surface area contributed by atoms with E-state index < -0.39 is 0 Å². The summed E-state index contributed by atoms with van der Waals surface area (Å²) in [6.45, 7) is 2.10. The molecule has 1 saturated carbocycles. The van der Waals surface area contributed by atoms with Crippen molar-refractivity contribution in [2.24, 2.45) is 5.92 Å². The summed E-state index contributed by atoms with van der Waals surface area (Å²) in [6.07, 6.45) is 5.67. The van der Waals surface area contributed by atoms with Crippen LogP contribution in [-0.4, -0.2) is 6.54 Å². The number of nitrogen functional groups attached to an aromatic ring is 1. The van der Waals surface area contributed by atoms with E-state index in [0.717, 1.165) is 24.7 Å². The highest BCUT2D eigenvalue weighted by Gasteiger charge is 2.19. The molecule has 1 aromatic carbocycles. The van der Waals surface area contributed by atoms with Crippen molar-refractivity contribution in [2.45, 2.75) is 32.2 Å². The first-order valence-corrected chi connectivity index (χ1v) is 5.90. The van der Waals surface area contributed by atoms with E-state index in [2.05, 4.69) is 17.4 Å². The molecule has 0 heterocycles. The first-order chi connectivity index (χ1) is 7.34. The molecule has 0 atom stereocenters. The van der Waals surface area contributed by atoms with Gasteiger partial charge >= 0.3 is 0 Å². The van der Waals surface area contributed by atoms with Gasteiger partial charge in [-0.25, -0.2) is 0 Å². The van der Waals surface area contributed by atoms with E-state index in [1.165, 1.54) is 31.2 Å². The Bertz CT molecular complexity index is 288. The van der Waals surface area contributed by atoms with Crippen LogP contribution in [0.3, 0.4) is 0 Å². The fraction of sp³-hybridized carbons (Fsp3) is 0.538. The number of hydrogen-bond acceptors (Lipinski definition) is 2. The molecule has 0 radical (unpaired) electrons. The third-order valence-corrected chi connectivity index (χ3v) is 2.97. The van der Waals surface area contributed by atoms with Crippen molar-refractivity contribution in [2.75, 3.05) is 12.3 Å². The number of rotatable bonds is 6. The lowest BCUT2D eigenvalue weighted by molar-refractivity contribution is 0.594. The molecule has 1 aromatic rings. The highest BCUT2D eigenvalue weighted by molar-refractivity contribution is 5.39. The molecule has 0 bridgehead atoms. The van der Waals surface area contributed by atoms with Crippen LogP contribution >= 0.6 is 0 Å². The van der Waals surface area contributed by atoms with Crippen LogP contribution in [0.4, 0.5) is 5.69 Å². The van der Waals surface area contributed by atoms with Crippen LogP contribution in [0.25, 0.3) is 0 Å². The fourth-order valence-electron chi connectivity index (χ4n) is 1.79. The highest BCUT2D eigenvalue weighted by atomic mass is 14.8. The topological polar surface area (TPSA) is 38.0 Å². The Morgan fingerprint density at radius 2 is 1.93 bits per heavy atom. The molecule has 1 aliphatic rings. The summed E-state index contributed by atoms with van der Waals surface area (Å²) in [6, 6.07) is 8.09. The average molecular weight is 204 g/mol. The molecule has 0 spiro atoms. The van der Waals surface area contributed by atoms with Gasteiger partial charge in [-0.3, -0.25) is 0 Å². The highest BCUT2D eigenvalue weighted by Crippen LogP contribution is 2.33. The summed E-state index contributed by atoms with van der Waals surface area (Å²) in [5, 5.41) is 3.46. The van der Waals surface area contributed by atoms with E-state index in [1.807, 2.05) is 12.1 Å². The lowest BCUT2D eigenvalue weighted by Gasteiger charge is -2.04. The van der Waals surface area contributed by atoms with Crippen LogP contribution in [0.5, 0.6) is 0 Å². The van der Waals surface area contributed by atoms with Gasteiger partial charge < -0.3 is 11.1 Å². The van der Waals surface area contributed by atoms with Crippen LogP contribution < -0.4 is 11.1 Å². The van der Waals surface area contributed by atoms with Crippen molar-refractivity contribution in [3.63, 3.8) is 0 Å². The fourth-order valence-corrected chi connectivity index (χ4v) is 1.79. The summed E-state index contributed by atoms with van der Waals surface area (Å²) in [5.41, 5.74) is 7.78. The molecule has 0 amide bonds. The van der Waals surface area contributed by atoms with E-state index in [-0.39, 0.29) is 0 Å². The molecule has 0 saturated heterocycles. The van der Waals surface area contributed by atoms with Gasteiger partial charge in [-0.1, -0.05) is 25.0 Å². The summed E-state index contributed by atoms with van der Waals surface area (Å²) in [5.74, 6) is 1.06. The van der Waals surface area contributed by atoms with Crippen LogP contribution in [0.1, 0.15) is 31.2 Å². The molecule has 2 rings (SSSR count). The molecule has 1 aliphatic carbocycles. The van der Waals surface area contributed by atoms with Crippen molar-refractivity contribution in [3.05, 3.63) is 29.8 Å². The van der Waals surface area contributed by atoms with Gasteiger partial charge in [0, 0.05) is 12.2 Å². The van der Waals surface area contributed by atoms with E-state index in [0.29, 0.717) is 0 Å². The standard InChI is InChI=1S/C13H20N2/c14-13-7-5-12(6-8-13)10-15-9-1-2-11-3-4-11/h5-8,11,15H,1-4,9-10,14H2. The maximum atomic E-state index is 5.62. The second kappa shape index (κ2) is 5.17. The third kappa shape index (κ3) is 3.92. The van der Waals surface area contributed by atoms with Gasteiger partial charge in [-0.2, -0.15) is 0 Å². The van der Waals surface area contributed by atoms with Gasteiger partial charge in [0.2, 0.25) is 0 Å². The third-order valence-electron chi connectivity index (χ3n) is 2.97. The molecule has 2 heteroatoms. The zero-order chi connectivity index (χ0) is 10.5. The van der Waals surface area contributed by atoms with Crippen LogP contribution in [-0.2, 0) is 6.54 Å². The molecule has 0 aromatic heterocycles. The number of anilines is 1. The van der Waals surface area contributed by atoms with E-state index >= 15 is 0 Å². The van der Waals surface area contributed by atoms with Gasteiger partial charge in [-0.15, -0.1) is 0 Å². The zero-order valence-corrected chi connectivity index (χ0v) is 9.21. The predicted octanol–water partition coefficient (Wildman–Crippen LogP) is 2.55. The Morgan fingerprint density at radius 1 is 1.20 bits per heavy atom. The Morgan fingerprint density at radius 3 is 2.60 bits per heavy atom. The van der Waals surface area contributed by atoms with Crippen LogP contribution in [0, 0.1) is 5.92 Å². The van der Waals surface area contributed by atoms with Gasteiger partial charge in [0.25, 0.3) is 0 Å². The number of nitrogens with one attached hydrogen (secondary N) is 1. The minimum Gasteiger partial charge on any atom is -0.399 e. The smallest absolute Gasteiger partial charge is 0.0314 e. The average Bonchev–Trinajstić information content (AvgIpc) is 3.04. The largest absolute Gasteiger partial charge is 0.399 e. The monoisotopic (exact) mass is 204 g/mol. The number of benzene rings is 1. The van der Waals surface area contributed by atoms with Crippen molar-refractivity contribution >= 4 is 5.69 Å². The lowest BCUT2D eigenvalue weighted by atomic mass is 10.2. The normalized spacial score (nSPS) is 15.5. The molecule has 2 nitrogen and oxygen atoms in total. The summed E-state index contributed by atoms with van der Waals surface area (Å²) in [4.78, 5) is 0. The minimum absolute atomic E-state index is 0.840.